The van der Waals surface area contributed by atoms with Gasteiger partial charge in [0.1, 0.15) is 11.3 Å². The van der Waals surface area contributed by atoms with E-state index in [2.05, 4.69) is 20.9 Å². The van der Waals surface area contributed by atoms with Crippen molar-refractivity contribution in [2.24, 2.45) is 5.92 Å². The van der Waals surface area contributed by atoms with Crippen molar-refractivity contribution >= 4 is 11.9 Å². The van der Waals surface area contributed by atoms with Crippen LogP contribution in [0.15, 0.2) is 0 Å². The summed E-state index contributed by atoms with van der Waals surface area (Å²) in [6.45, 7) is 9.40. The molecule has 1 unspecified atom stereocenters. The molecule has 0 bridgehead atoms. The number of hydrogen-bond donors (Lipinski definition) is 2. The first-order chi connectivity index (χ1) is 13.4. The normalized spacial score (nSPS) is 21.6. The molecular formula is C19H32N6O3. The van der Waals surface area contributed by atoms with Crippen LogP contribution in [0.5, 0.6) is 0 Å². The van der Waals surface area contributed by atoms with Crippen molar-refractivity contribution in [2.75, 3.05) is 19.6 Å². The largest absolute Gasteiger partial charge is 0.365 e. The Bertz CT molecular complexity index is 704. The van der Waals surface area contributed by atoms with Crippen molar-refractivity contribution in [3.63, 3.8) is 0 Å². The van der Waals surface area contributed by atoms with E-state index < -0.39 is 5.60 Å². The smallest absolute Gasteiger partial charge is 0.317 e. The standard InChI is InChI=1S/C19H32N6O3/c1-4-7-20-18(27)24-8-5-6-19(12-24)13-25-16(11-28-19)15(22-23-25)10-21-17(26)9-14(2)3/h14H,4-13H2,1-3H3,(H,20,27)(H,21,26). The quantitative estimate of drug-likeness (QED) is 0.763. The fourth-order valence-electron chi connectivity index (χ4n) is 3.82. The highest BCUT2D eigenvalue weighted by molar-refractivity contribution is 5.76. The summed E-state index contributed by atoms with van der Waals surface area (Å²) >= 11 is 0. The molecule has 1 fully saturated rings. The minimum atomic E-state index is -0.416. The lowest BCUT2D eigenvalue weighted by Crippen LogP contribution is -2.57. The third-order valence-corrected chi connectivity index (χ3v) is 5.27. The number of ether oxygens (including phenoxy) is 1. The van der Waals surface area contributed by atoms with Crippen LogP contribution in [0.4, 0.5) is 4.79 Å². The average molecular weight is 393 g/mol. The number of rotatable bonds is 6. The van der Waals surface area contributed by atoms with E-state index in [4.69, 9.17) is 4.74 Å². The molecule has 156 valence electrons. The Kier molecular flexibility index (Phi) is 6.53. The maximum atomic E-state index is 12.3. The zero-order chi connectivity index (χ0) is 20.1. The highest BCUT2D eigenvalue weighted by Gasteiger charge is 2.42. The van der Waals surface area contributed by atoms with Gasteiger partial charge in [-0.1, -0.05) is 26.0 Å². The number of hydrogen-bond acceptors (Lipinski definition) is 5. The topological polar surface area (TPSA) is 101 Å². The van der Waals surface area contributed by atoms with Crippen molar-refractivity contribution in [1.82, 2.24) is 30.5 Å². The van der Waals surface area contributed by atoms with Crippen LogP contribution in [0.1, 0.15) is 57.8 Å². The lowest BCUT2D eigenvalue weighted by molar-refractivity contribution is -0.123. The van der Waals surface area contributed by atoms with Crippen molar-refractivity contribution in [3.8, 4) is 0 Å². The van der Waals surface area contributed by atoms with E-state index in [9.17, 15) is 9.59 Å². The first-order valence-corrected chi connectivity index (χ1v) is 10.3. The molecule has 1 atom stereocenters. The Morgan fingerprint density at radius 3 is 2.86 bits per heavy atom. The van der Waals surface area contributed by atoms with Crippen LogP contribution in [0.2, 0.25) is 0 Å². The van der Waals surface area contributed by atoms with E-state index in [1.165, 1.54) is 0 Å². The van der Waals surface area contributed by atoms with Crippen molar-refractivity contribution < 1.29 is 14.3 Å². The maximum Gasteiger partial charge on any atom is 0.317 e. The van der Waals surface area contributed by atoms with Crippen LogP contribution in [-0.4, -0.2) is 57.1 Å². The summed E-state index contributed by atoms with van der Waals surface area (Å²) in [5.41, 5.74) is 1.24. The fourth-order valence-corrected chi connectivity index (χ4v) is 3.82. The molecular weight excluding hydrogens is 360 g/mol. The molecule has 0 saturated carbocycles. The highest BCUT2D eigenvalue weighted by atomic mass is 16.5. The average Bonchev–Trinajstić information content (AvgIpc) is 3.05. The maximum absolute atomic E-state index is 12.3. The second-order valence-corrected chi connectivity index (χ2v) is 8.24. The predicted octanol–water partition coefficient (Wildman–Crippen LogP) is 1.42. The van der Waals surface area contributed by atoms with Gasteiger partial charge in [0, 0.05) is 19.5 Å². The van der Waals surface area contributed by atoms with E-state index in [-0.39, 0.29) is 11.9 Å². The van der Waals surface area contributed by atoms with Gasteiger partial charge in [-0.05, 0) is 25.2 Å². The van der Waals surface area contributed by atoms with Gasteiger partial charge in [-0.15, -0.1) is 5.10 Å². The summed E-state index contributed by atoms with van der Waals surface area (Å²) in [7, 11) is 0. The molecule has 0 aliphatic carbocycles. The number of fused-ring (bicyclic) bond motifs is 1. The summed E-state index contributed by atoms with van der Waals surface area (Å²) in [5.74, 6) is 0.340. The molecule has 0 radical (unpaired) electrons. The molecule has 1 aromatic rings. The molecule has 28 heavy (non-hydrogen) atoms. The number of nitrogens with zero attached hydrogens (tertiary/aromatic N) is 4. The molecule has 1 spiro atoms. The Morgan fingerprint density at radius 1 is 1.29 bits per heavy atom. The summed E-state index contributed by atoms with van der Waals surface area (Å²) in [4.78, 5) is 26.1. The van der Waals surface area contributed by atoms with Gasteiger partial charge in [-0.25, -0.2) is 9.48 Å². The van der Waals surface area contributed by atoms with Crippen LogP contribution in [0.3, 0.4) is 0 Å². The van der Waals surface area contributed by atoms with Gasteiger partial charge in [-0.2, -0.15) is 0 Å². The number of piperidine rings is 1. The number of urea groups is 1. The van der Waals surface area contributed by atoms with Gasteiger partial charge < -0.3 is 20.3 Å². The second-order valence-electron chi connectivity index (χ2n) is 8.24. The molecule has 0 aromatic carbocycles. The first-order valence-electron chi connectivity index (χ1n) is 10.3. The molecule has 1 saturated heterocycles. The lowest BCUT2D eigenvalue weighted by Gasteiger charge is -2.44. The Hall–Kier alpha value is -2.16. The van der Waals surface area contributed by atoms with E-state index >= 15 is 0 Å². The number of amides is 3. The second kappa shape index (κ2) is 8.89. The molecule has 3 amide bonds. The van der Waals surface area contributed by atoms with Gasteiger partial charge in [0.25, 0.3) is 0 Å². The number of aromatic nitrogens is 3. The van der Waals surface area contributed by atoms with Crippen LogP contribution in [-0.2, 0) is 29.2 Å². The first kappa shape index (κ1) is 20.6. The van der Waals surface area contributed by atoms with E-state index in [0.717, 1.165) is 37.2 Å². The minimum Gasteiger partial charge on any atom is -0.365 e. The van der Waals surface area contributed by atoms with Crippen LogP contribution < -0.4 is 10.6 Å². The SMILES string of the molecule is CCCNC(=O)N1CCCC2(C1)Cn1nnc(CNC(=O)CC(C)C)c1CO2. The van der Waals surface area contributed by atoms with Gasteiger partial charge in [0.05, 0.1) is 31.9 Å². The molecule has 9 nitrogen and oxygen atoms in total. The summed E-state index contributed by atoms with van der Waals surface area (Å²) in [6, 6.07) is -0.0255. The highest BCUT2D eigenvalue weighted by Crippen LogP contribution is 2.32. The molecule has 3 rings (SSSR count). The Labute approximate surface area is 166 Å². The molecule has 2 aliphatic rings. The van der Waals surface area contributed by atoms with Gasteiger partial charge in [0.15, 0.2) is 0 Å². The van der Waals surface area contributed by atoms with E-state index in [0.29, 0.717) is 45.1 Å². The number of carbonyl (C=O) groups is 2. The third kappa shape index (κ3) is 4.81. The minimum absolute atomic E-state index is 0.0194. The van der Waals surface area contributed by atoms with E-state index in [1.54, 1.807) is 0 Å². The molecule has 3 heterocycles. The molecule has 2 N–H and O–H groups in total. The monoisotopic (exact) mass is 392 g/mol. The van der Waals surface area contributed by atoms with Crippen molar-refractivity contribution in [3.05, 3.63) is 11.4 Å². The van der Waals surface area contributed by atoms with E-state index in [1.807, 2.05) is 30.4 Å². The van der Waals surface area contributed by atoms with Crippen molar-refractivity contribution in [2.45, 2.75) is 71.8 Å². The Balaban J connectivity index is 1.61. The Morgan fingerprint density at radius 2 is 2.11 bits per heavy atom. The van der Waals surface area contributed by atoms with Gasteiger partial charge >= 0.3 is 6.03 Å². The predicted molar refractivity (Wildman–Crippen MR) is 103 cm³/mol. The summed E-state index contributed by atoms with van der Waals surface area (Å²) in [5, 5.41) is 14.4. The molecule has 9 heteroatoms. The zero-order valence-electron chi connectivity index (χ0n) is 17.2. The number of nitrogens with one attached hydrogen (secondary N) is 2. The van der Waals surface area contributed by atoms with Crippen molar-refractivity contribution in [1.29, 1.82) is 0 Å². The fraction of sp³-hybridized carbons (Fsp3) is 0.789. The third-order valence-electron chi connectivity index (χ3n) is 5.27. The molecule has 1 aromatic heterocycles. The summed E-state index contributed by atoms with van der Waals surface area (Å²) in [6.07, 6.45) is 3.21. The van der Waals surface area contributed by atoms with Gasteiger partial charge in [0.2, 0.25) is 5.91 Å². The summed E-state index contributed by atoms with van der Waals surface area (Å²) < 4.78 is 8.13. The van der Waals surface area contributed by atoms with Crippen LogP contribution in [0, 0.1) is 5.92 Å². The van der Waals surface area contributed by atoms with Crippen LogP contribution in [0.25, 0.3) is 0 Å². The number of likely N-dealkylation sites (tertiary alicyclic amines) is 1. The lowest BCUT2D eigenvalue weighted by atomic mass is 9.91. The number of carbonyl (C=O) groups excluding carboxylic acids is 2. The van der Waals surface area contributed by atoms with Crippen LogP contribution >= 0.6 is 0 Å². The van der Waals surface area contributed by atoms with Gasteiger partial charge in [-0.3, -0.25) is 4.79 Å². The zero-order valence-corrected chi connectivity index (χ0v) is 17.2. The molecule has 2 aliphatic heterocycles.